The number of aromatic nitrogens is 1. The second-order valence-corrected chi connectivity index (χ2v) is 9.43. The number of thiazole rings is 1. The molecule has 1 unspecified atom stereocenters. The molecule has 6 nitrogen and oxygen atoms in total. The first kappa shape index (κ1) is 24.7. The Morgan fingerprint density at radius 3 is 2.29 bits per heavy atom. The van der Waals surface area contributed by atoms with Crippen molar-refractivity contribution in [3.63, 3.8) is 0 Å². The lowest BCUT2D eigenvalue weighted by atomic mass is 9.97. The van der Waals surface area contributed by atoms with Crippen LogP contribution in [-0.2, 0) is 4.79 Å². The number of carboxylic acids is 1. The molecule has 9 heteroatoms. The number of nitrogens with zero attached hydrogens (tertiary/aromatic N) is 1. The maximum atomic E-state index is 12.3. The Morgan fingerprint density at radius 2 is 1.63 bits per heavy atom. The highest BCUT2D eigenvalue weighted by atomic mass is 35.5. The lowest BCUT2D eigenvalue weighted by Gasteiger charge is -2.20. The van der Waals surface area contributed by atoms with Gasteiger partial charge in [-0.3, -0.25) is 9.59 Å². The number of rotatable bonds is 9. The third-order valence-electron chi connectivity index (χ3n) is 5.23. The van der Waals surface area contributed by atoms with E-state index in [1.54, 1.807) is 12.1 Å². The van der Waals surface area contributed by atoms with Crippen LogP contribution in [0.1, 0.15) is 33.9 Å². The largest absolute Gasteiger partial charge is 0.481 e. The van der Waals surface area contributed by atoms with E-state index in [2.05, 4.69) is 10.6 Å². The highest BCUT2D eigenvalue weighted by molar-refractivity contribution is 7.14. The Balaban J connectivity index is 1.57. The third-order valence-corrected chi connectivity index (χ3v) is 6.49. The number of carboxylic acid groups (broad SMARTS) is 1. The lowest BCUT2D eigenvalue weighted by Crippen LogP contribution is -2.26. The standard InChI is InChI=1S/C26H21Cl2N3O3S/c27-20-10-8-17(9-11-20)24(16-4-6-18(7-5-16)25(34)29-13-12-23(32)33)31-26-30-22(15-35-26)19-2-1-3-21(28)14-19/h1-11,14-15,24H,12-13H2,(H,29,34)(H,30,31)(H,32,33). The molecule has 0 saturated carbocycles. The van der Waals surface area contributed by atoms with Crippen molar-refractivity contribution in [2.45, 2.75) is 12.5 Å². The van der Waals surface area contributed by atoms with Gasteiger partial charge in [-0.1, -0.05) is 59.6 Å². The van der Waals surface area contributed by atoms with E-state index >= 15 is 0 Å². The topological polar surface area (TPSA) is 91.3 Å². The van der Waals surface area contributed by atoms with Crippen LogP contribution in [0.3, 0.4) is 0 Å². The van der Waals surface area contributed by atoms with E-state index in [4.69, 9.17) is 33.3 Å². The van der Waals surface area contributed by atoms with E-state index in [-0.39, 0.29) is 24.9 Å². The summed E-state index contributed by atoms with van der Waals surface area (Å²) in [5.41, 5.74) is 4.11. The number of amides is 1. The molecule has 0 aliphatic carbocycles. The van der Waals surface area contributed by atoms with Gasteiger partial charge in [0.05, 0.1) is 18.2 Å². The summed E-state index contributed by atoms with van der Waals surface area (Å²) in [7, 11) is 0. The molecule has 0 fully saturated rings. The first-order chi connectivity index (χ1) is 16.9. The van der Waals surface area contributed by atoms with Crippen molar-refractivity contribution in [2.75, 3.05) is 11.9 Å². The van der Waals surface area contributed by atoms with Gasteiger partial charge in [0.15, 0.2) is 5.13 Å². The van der Waals surface area contributed by atoms with E-state index < -0.39 is 5.97 Å². The van der Waals surface area contributed by atoms with Crippen LogP contribution < -0.4 is 10.6 Å². The van der Waals surface area contributed by atoms with Crippen LogP contribution >= 0.6 is 34.5 Å². The second kappa shape index (κ2) is 11.4. The summed E-state index contributed by atoms with van der Waals surface area (Å²) in [6.07, 6.45) is -0.128. The fraction of sp³-hybridized carbons (Fsp3) is 0.115. The molecule has 3 N–H and O–H groups in total. The molecule has 0 aliphatic rings. The maximum Gasteiger partial charge on any atom is 0.305 e. The molecule has 0 saturated heterocycles. The molecule has 1 heterocycles. The second-order valence-electron chi connectivity index (χ2n) is 7.70. The van der Waals surface area contributed by atoms with Gasteiger partial charge in [0.25, 0.3) is 5.91 Å². The summed E-state index contributed by atoms with van der Waals surface area (Å²) in [6.45, 7) is 0.0733. The van der Waals surface area contributed by atoms with E-state index in [9.17, 15) is 9.59 Å². The van der Waals surface area contributed by atoms with E-state index in [0.29, 0.717) is 15.6 Å². The van der Waals surface area contributed by atoms with Gasteiger partial charge in [-0.25, -0.2) is 4.98 Å². The Hall–Kier alpha value is -3.39. The molecular formula is C26H21Cl2N3O3S. The zero-order valence-electron chi connectivity index (χ0n) is 18.4. The number of nitrogens with one attached hydrogen (secondary N) is 2. The van der Waals surface area contributed by atoms with Crippen LogP contribution in [0.5, 0.6) is 0 Å². The number of benzene rings is 3. The number of anilines is 1. The Bertz CT molecular complexity index is 1320. The minimum Gasteiger partial charge on any atom is -0.481 e. The van der Waals surface area contributed by atoms with Crippen LogP contribution in [0.2, 0.25) is 10.0 Å². The van der Waals surface area contributed by atoms with Crippen LogP contribution in [0.4, 0.5) is 5.13 Å². The number of carbonyl (C=O) groups is 2. The summed E-state index contributed by atoms with van der Waals surface area (Å²) in [5.74, 6) is -1.28. The average molecular weight is 526 g/mol. The number of halogens is 2. The Labute approximate surface area is 216 Å². The van der Waals surface area contributed by atoms with Crippen molar-refractivity contribution in [1.29, 1.82) is 0 Å². The summed E-state index contributed by atoms with van der Waals surface area (Å²) < 4.78 is 0. The molecule has 0 radical (unpaired) electrons. The first-order valence-corrected chi connectivity index (χ1v) is 12.4. The molecule has 1 atom stereocenters. The highest BCUT2D eigenvalue weighted by Crippen LogP contribution is 2.32. The summed E-state index contributed by atoms with van der Waals surface area (Å²) in [6, 6.07) is 22.0. The molecule has 3 aromatic carbocycles. The first-order valence-electron chi connectivity index (χ1n) is 10.7. The minimum atomic E-state index is -0.960. The van der Waals surface area contributed by atoms with Crippen LogP contribution in [0.15, 0.2) is 78.2 Å². The molecule has 4 rings (SSSR count). The number of carbonyl (C=O) groups excluding carboxylic acids is 1. The zero-order chi connectivity index (χ0) is 24.8. The van der Waals surface area contributed by atoms with E-state index in [1.165, 1.54) is 11.3 Å². The summed E-state index contributed by atoms with van der Waals surface area (Å²) in [4.78, 5) is 27.7. The number of hydrogen-bond acceptors (Lipinski definition) is 5. The summed E-state index contributed by atoms with van der Waals surface area (Å²) in [5, 5.41) is 18.8. The van der Waals surface area contributed by atoms with Crippen LogP contribution in [0, 0.1) is 0 Å². The van der Waals surface area contributed by atoms with Gasteiger partial charge in [0, 0.05) is 33.1 Å². The predicted molar refractivity (Wildman–Crippen MR) is 141 cm³/mol. The molecular weight excluding hydrogens is 505 g/mol. The minimum absolute atomic E-state index is 0.0733. The van der Waals surface area contributed by atoms with Gasteiger partial charge in [0.1, 0.15) is 0 Å². The quantitative estimate of drug-likeness (QED) is 0.231. The van der Waals surface area contributed by atoms with Crippen molar-refractivity contribution in [2.24, 2.45) is 0 Å². The molecule has 1 amide bonds. The van der Waals surface area contributed by atoms with Crippen molar-refractivity contribution in [1.82, 2.24) is 10.3 Å². The van der Waals surface area contributed by atoms with Gasteiger partial charge in [-0.05, 0) is 47.5 Å². The fourth-order valence-electron chi connectivity index (χ4n) is 3.47. The molecule has 0 spiro atoms. The van der Waals surface area contributed by atoms with Crippen LogP contribution in [0.25, 0.3) is 11.3 Å². The molecule has 0 bridgehead atoms. The van der Waals surface area contributed by atoms with Crippen molar-refractivity contribution in [3.05, 3.63) is 105 Å². The van der Waals surface area contributed by atoms with Gasteiger partial charge in [-0.2, -0.15) is 0 Å². The van der Waals surface area contributed by atoms with Crippen molar-refractivity contribution >= 4 is 51.5 Å². The normalized spacial score (nSPS) is 11.6. The molecule has 4 aromatic rings. The Kier molecular flexibility index (Phi) is 8.02. The fourth-order valence-corrected chi connectivity index (χ4v) is 4.54. The molecule has 0 aliphatic heterocycles. The molecule has 178 valence electrons. The number of hydrogen-bond donors (Lipinski definition) is 3. The van der Waals surface area contributed by atoms with Crippen LogP contribution in [-0.4, -0.2) is 28.5 Å². The lowest BCUT2D eigenvalue weighted by molar-refractivity contribution is -0.136. The average Bonchev–Trinajstić information content (AvgIpc) is 3.32. The van der Waals surface area contributed by atoms with Gasteiger partial charge < -0.3 is 15.7 Å². The van der Waals surface area contributed by atoms with E-state index in [0.717, 1.165) is 27.5 Å². The Morgan fingerprint density at radius 1 is 0.943 bits per heavy atom. The predicted octanol–water partition coefficient (Wildman–Crippen LogP) is 6.52. The maximum absolute atomic E-state index is 12.3. The SMILES string of the molecule is O=C(O)CCNC(=O)c1ccc(C(Nc2nc(-c3cccc(Cl)c3)cs2)c2ccc(Cl)cc2)cc1. The zero-order valence-corrected chi connectivity index (χ0v) is 20.7. The highest BCUT2D eigenvalue weighted by Gasteiger charge is 2.17. The third kappa shape index (κ3) is 6.60. The van der Waals surface area contributed by atoms with Crippen molar-refractivity contribution < 1.29 is 14.7 Å². The van der Waals surface area contributed by atoms with Crippen molar-refractivity contribution in [3.8, 4) is 11.3 Å². The molecule has 35 heavy (non-hydrogen) atoms. The smallest absolute Gasteiger partial charge is 0.305 e. The van der Waals surface area contributed by atoms with Gasteiger partial charge >= 0.3 is 5.97 Å². The molecule has 1 aromatic heterocycles. The van der Waals surface area contributed by atoms with E-state index in [1.807, 2.05) is 66.0 Å². The monoisotopic (exact) mass is 525 g/mol. The number of aliphatic carboxylic acids is 1. The van der Waals surface area contributed by atoms with Gasteiger partial charge in [-0.15, -0.1) is 11.3 Å². The van der Waals surface area contributed by atoms with Gasteiger partial charge in [0.2, 0.25) is 0 Å². The summed E-state index contributed by atoms with van der Waals surface area (Å²) >= 11 is 13.7.